The third-order valence-corrected chi connectivity index (χ3v) is 4.42. The van der Waals surface area contributed by atoms with Crippen LogP contribution in [0.15, 0.2) is 24.3 Å². The number of piperidine rings is 1. The lowest BCUT2D eigenvalue weighted by atomic mass is 9.75. The van der Waals surface area contributed by atoms with Gasteiger partial charge in [0.2, 0.25) is 5.91 Å². The van der Waals surface area contributed by atoms with Crippen LogP contribution in [0.25, 0.3) is 0 Å². The van der Waals surface area contributed by atoms with Gasteiger partial charge in [-0.1, -0.05) is 13.3 Å². The number of anilines is 1. The van der Waals surface area contributed by atoms with Crippen LogP contribution in [0.5, 0.6) is 5.75 Å². The number of carbonyl (C=O) groups excluding carboxylic acids is 1. The molecule has 0 radical (unpaired) electrons. The molecule has 1 aliphatic heterocycles. The number of ether oxygens (including phenoxy) is 1. The number of amides is 1. The molecule has 21 heavy (non-hydrogen) atoms. The van der Waals surface area contributed by atoms with Gasteiger partial charge in [-0.15, -0.1) is 0 Å². The van der Waals surface area contributed by atoms with Crippen molar-refractivity contribution in [2.75, 3.05) is 32.1 Å². The Hall–Kier alpha value is -1.55. The molecule has 0 aliphatic carbocycles. The van der Waals surface area contributed by atoms with Gasteiger partial charge in [-0.05, 0) is 50.1 Å². The van der Waals surface area contributed by atoms with Crippen LogP contribution in [0.1, 0.15) is 32.6 Å². The molecule has 0 saturated carbocycles. The fourth-order valence-corrected chi connectivity index (χ4v) is 3.23. The predicted octanol–water partition coefficient (Wildman–Crippen LogP) is 2.83. The molecule has 1 saturated heterocycles. The molecule has 1 fully saturated rings. The topological polar surface area (TPSA) is 41.6 Å². The van der Waals surface area contributed by atoms with Gasteiger partial charge in [-0.2, -0.15) is 0 Å². The third-order valence-electron chi connectivity index (χ3n) is 4.42. The highest BCUT2D eigenvalue weighted by molar-refractivity contribution is 5.97. The summed E-state index contributed by atoms with van der Waals surface area (Å²) in [4.78, 5) is 14.8. The molecular formula is C17H26N2O2. The summed E-state index contributed by atoms with van der Waals surface area (Å²) < 4.78 is 5.17. The molecule has 0 bridgehead atoms. The van der Waals surface area contributed by atoms with Gasteiger partial charge in [0, 0.05) is 19.3 Å². The summed E-state index contributed by atoms with van der Waals surface area (Å²) in [7, 11) is 3.52. The summed E-state index contributed by atoms with van der Waals surface area (Å²) in [6.45, 7) is 3.96. The van der Waals surface area contributed by atoms with Gasteiger partial charge in [-0.25, -0.2) is 0 Å². The van der Waals surface area contributed by atoms with Crippen LogP contribution >= 0.6 is 0 Å². The Bertz CT molecular complexity index is 459. The van der Waals surface area contributed by atoms with Gasteiger partial charge in [-0.3, -0.25) is 4.79 Å². The highest BCUT2D eigenvalue weighted by Crippen LogP contribution is 2.35. The van der Waals surface area contributed by atoms with E-state index in [2.05, 4.69) is 12.2 Å². The van der Waals surface area contributed by atoms with E-state index in [0.29, 0.717) is 0 Å². The van der Waals surface area contributed by atoms with Gasteiger partial charge in [0.05, 0.1) is 12.5 Å². The molecule has 1 atom stereocenters. The summed E-state index contributed by atoms with van der Waals surface area (Å²) in [6.07, 6.45) is 4.03. The Morgan fingerprint density at radius 1 is 1.38 bits per heavy atom. The maximum Gasteiger partial charge on any atom is 0.234 e. The van der Waals surface area contributed by atoms with Crippen molar-refractivity contribution in [2.24, 2.45) is 5.41 Å². The second-order valence-electron chi connectivity index (χ2n) is 5.87. The van der Waals surface area contributed by atoms with E-state index in [0.717, 1.165) is 50.2 Å². The zero-order chi connectivity index (χ0) is 15.3. The second-order valence-corrected chi connectivity index (χ2v) is 5.87. The Morgan fingerprint density at radius 2 is 2.10 bits per heavy atom. The van der Waals surface area contributed by atoms with E-state index in [1.165, 1.54) is 0 Å². The van der Waals surface area contributed by atoms with Crippen LogP contribution in [0.4, 0.5) is 5.69 Å². The van der Waals surface area contributed by atoms with Gasteiger partial charge >= 0.3 is 0 Å². The monoisotopic (exact) mass is 290 g/mol. The molecule has 116 valence electrons. The van der Waals surface area contributed by atoms with E-state index < -0.39 is 0 Å². The molecule has 4 nitrogen and oxygen atoms in total. The van der Waals surface area contributed by atoms with Crippen LogP contribution in [0.2, 0.25) is 0 Å². The lowest BCUT2D eigenvalue weighted by Gasteiger charge is -2.39. The van der Waals surface area contributed by atoms with Crippen LogP contribution in [-0.2, 0) is 4.79 Å². The fourth-order valence-electron chi connectivity index (χ4n) is 3.23. The van der Waals surface area contributed by atoms with Crippen LogP contribution in [0, 0.1) is 5.41 Å². The first-order chi connectivity index (χ1) is 10.1. The van der Waals surface area contributed by atoms with E-state index in [1.54, 1.807) is 12.0 Å². The van der Waals surface area contributed by atoms with E-state index in [9.17, 15) is 4.79 Å². The van der Waals surface area contributed by atoms with Crippen molar-refractivity contribution in [1.29, 1.82) is 0 Å². The Balaban J connectivity index is 2.18. The molecule has 1 N–H and O–H groups in total. The smallest absolute Gasteiger partial charge is 0.234 e. The van der Waals surface area contributed by atoms with Crippen molar-refractivity contribution in [1.82, 2.24) is 5.32 Å². The minimum absolute atomic E-state index is 0.224. The van der Waals surface area contributed by atoms with Crippen LogP contribution in [-0.4, -0.2) is 33.2 Å². The largest absolute Gasteiger partial charge is 0.497 e. The van der Waals surface area contributed by atoms with E-state index >= 15 is 0 Å². The molecule has 0 aromatic heterocycles. The van der Waals surface area contributed by atoms with Gasteiger partial charge in [0.15, 0.2) is 0 Å². The number of nitrogens with zero attached hydrogens (tertiary/aromatic N) is 1. The highest BCUT2D eigenvalue weighted by Gasteiger charge is 2.40. The SMILES string of the molecule is CCCC1(C(=O)N(C)c2ccc(OC)cc2)CCCNC1. The molecule has 1 unspecified atom stereocenters. The van der Waals surface area contributed by atoms with Crippen molar-refractivity contribution < 1.29 is 9.53 Å². The maximum atomic E-state index is 13.0. The van der Waals surface area contributed by atoms with E-state index in [-0.39, 0.29) is 11.3 Å². The molecule has 1 aromatic carbocycles. The molecule has 1 amide bonds. The fraction of sp³-hybridized carbons (Fsp3) is 0.588. The van der Waals surface area contributed by atoms with Gasteiger partial charge < -0.3 is 15.0 Å². The average molecular weight is 290 g/mol. The number of hydrogen-bond acceptors (Lipinski definition) is 3. The summed E-state index contributed by atoms with van der Waals surface area (Å²) in [5.74, 6) is 1.03. The van der Waals surface area contributed by atoms with E-state index in [1.807, 2.05) is 31.3 Å². The second kappa shape index (κ2) is 6.94. The number of methoxy groups -OCH3 is 1. The van der Waals surface area contributed by atoms with Crippen molar-refractivity contribution >= 4 is 11.6 Å². The zero-order valence-corrected chi connectivity index (χ0v) is 13.3. The first kappa shape index (κ1) is 15.8. The average Bonchev–Trinajstić information content (AvgIpc) is 2.54. The lowest BCUT2D eigenvalue weighted by Crippen LogP contribution is -2.51. The van der Waals surface area contributed by atoms with Crippen molar-refractivity contribution in [3.8, 4) is 5.75 Å². The standard InChI is InChI=1S/C17H26N2O2/c1-4-10-17(11-5-12-18-13-17)16(20)19(2)14-6-8-15(21-3)9-7-14/h6-9,18H,4-5,10-13H2,1-3H3. The molecular weight excluding hydrogens is 264 g/mol. The Labute approximate surface area is 127 Å². The van der Waals surface area contributed by atoms with Crippen LogP contribution < -0.4 is 15.0 Å². The predicted molar refractivity (Wildman–Crippen MR) is 85.8 cm³/mol. The third kappa shape index (κ3) is 3.38. The van der Waals surface area contributed by atoms with Crippen molar-refractivity contribution in [3.63, 3.8) is 0 Å². The summed E-state index contributed by atoms with van der Waals surface area (Å²) in [6, 6.07) is 7.66. The van der Waals surface area contributed by atoms with Crippen molar-refractivity contribution in [3.05, 3.63) is 24.3 Å². The number of hydrogen-bond donors (Lipinski definition) is 1. The molecule has 4 heteroatoms. The summed E-state index contributed by atoms with van der Waals surface area (Å²) in [5.41, 5.74) is 0.670. The van der Waals surface area contributed by atoms with Gasteiger partial charge in [0.25, 0.3) is 0 Å². The summed E-state index contributed by atoms with van der Waals surface area (Å²) >= 11 is 0. The molecule has 1 aliphatic rings. The molecule has 1 aromatic rings. The number of benzene rings is 1. The van der Waals surface area contributed by atoms with E-state index in [4.69, 9.17) is 4.74 Å². The minimum atomic E-state index is -0.248. The molecule has 0 spiro atoms. The Morgan fingerprint density at radius 3 is 2.62 bits per heavy atom. The highest BCUT2D eigenvalue weighted by atomic mass is 16.5. The molecule has 1 heterocycles. The normalized spacial score (nSPS) is 21.9. The number of carbonyl (C=O) groups is 1. The van der Waals surface area contributed by atoms with Crippen molar-refractivity contribution in [2.45, 2.75) is 32.6 Å². The first-order valence-electron chi connectivity index (χ1n) is 7.76. The minimum Gasteiger partial charge on any atom is -0.497 e. The zero-order valence-electron chi connectivity index (χ0n) is 13.3. The number of nitrogens with one attached hydrogen (secondary N) is 1. The summed E-state index contributed by atoms with van der Waals surface area (Å²) in [5, 5.41) is 3.40. The first-order valence-corrected chi connectivity index (χ1v) is 7.76. The van der Waals surface area contributed by atoms with Crippen LogP contribution in [0.3, 0.4) is 0 Å². The number of rotatable bonds is 5. The molecule has 2 rings (SSSR count). The quantitative estimate of drug-likeness (QED) is 0.906. The maximum absolute atomic E-state index is 13.0. The Kier molecular flexibility index (Phi) is 5.23. The van der Waals surface area contributed by atoms with Gasteiger partial charge in [0.1, 0.15) is 5.75 Å². The lowest BCUT2D eigenvalue weighted by molar-refractivity contribution is -0.129.